The molecule has 2 aromatic carbocycles. The van der Waals surface area contributed by atoms with Gasteiger partial charge in [-0.25, -0.2) is 0 Å². The Morgan fingerprint density at radius 3 is 2.08 bits per heavy atom. The predicted molar refractivity (Wildman–Crippen MR) is 106 cm³/mol. The van der Waals surface area contributed by atoms with E-state index in [2.05, 4.69) is 73.7 Å². The molecule has 0 aliphatic rings. The fourth-order valence-corrected chi connectivity index (χ4v) is 3.76. The molecule has 2 N–H and O–H groups in total. The van der Waals surface area contributed by atoms with Crippen molar-refractivity contribution in [3.8, 4) is 0 Å². The lowest BCUT2D eigenvalue weighted by atomic mass is 10.0. The first-order valence-corrected chi connectivity index (χ1v) is 9.56. The SMILES string of the molecule is Cc1ccc(C(CN)OCc2ccc(CCc3ccccc3)cc2)s1. The van der Waals surface area contributed by atoms with Gasteiger partial charge in [0.05, 0.1) is 6.61 Å². The summed E-state index contributed by atoms with van der Waals surface area (Å²) >= 11 is 1.76. The fraction of sp³-hybridized carbons (Fsp3) is 0.273. The van der Waals surface area contributed by atoms with Crippen LogP contribution in [0.3, 0.4) is 0 Å². The number of ether oxygens (including phenoxy) is 1. The highest BCUT2D eigenvalue weighted by atomic mass is 32.1. The summed E-state index contributed by atoms with van der Waals surface area (Å²) in [7, 11) is 0. The highest BCUT2D eigenvalue weighted by molar-refractivity contribution is 7.12. The average Bonchev–Trinajstić information content (AvgIpc) is 3.08. The summed E-state index contributed by atoms with van der Waals surface area (Å²) < 4.78 is 6.03. The van der Waals surface area contributed by atoms with Gasteiger partial charge < -0.3 is 10.5 Å². The Morgan fingerprint density at radius 1 is 0.840 bits per heavy atom. The summed E-state index contributed by atoms with van der Waals surface area (Å²) in [6, 6.07) is 23.6. The summed E-state index contributed by atoms with van der Waals surface area (Å²) in [5, 5.41) is 0. The molecule has 0 fully saturated rings. The van der Waals surface area contributed by atoms with E-state index in [4.69, 9.17) is 10.5 Å². The van der Waals surface area contributed by atoms with Crippen molar-refractivity contribution in [3.05, 3.63) is 93.2 Å². The molecule has 1 unspecified atom stereocenters. The van der Waals surface area contributed by atoms with E-state index in [1.807, 2.05) is 0 Å². The molecule has 1 aromatic heterocycles. The quantitative estimate of drug-likeness (QED) is 0.616. The van der Waals surface area contributed by atoms with Crippen LogP contribution in [-0.2, 0) is 24.2 Å². The van der Waals surface area contributed by atoms with Crippen molar-refractivity contribution in [2.24, 2.45) is 5.73 Å². The Balaban J connectivity index is 1.51. The zero-order valence-electron chi connectivity index (χ0n) is 14.7. The van der Waals surface area contributed by atoms with Crippen LogP contribution in [0.25, 0.3) is 0 Å². The minimum Gasteiger partial charge on any atom is -0.367 e. The molecule has 25 heavy (non-hydrogen) atoms. The van der Waals surface area contributed by atoms with Crippen molar-refractivity contribution >= 4 is 11.3 Å². The van der Waals surface area contributed by atoms with Crippen molar-refractivity contribution in [2.45, 2.75) is 32.5 Å². The Kier molecular flexibility index (Phi) is 6.40. The van der Waals surface area contributed by atoms with Crippen molar-refractivity contribution in [2.75, 3.05) is 6.54 Å². The predicted octanol–water partition coefficient (Wildman–Crippen LogP) is 5.06. The Morgan fingerprint density at radius 2 is 1.48 bits per heavy atom. The van der Waals surface area contributed by atoms with Crippen LogP contribution in [-0.4, -0.2) is 6.54 Å². The molecule has 0 saturated heterocycles. The average molecular weight is 352 g/mol. The molecule has 0 radical (unpaired) electrons. The first kappa shape index (κ1) is 17.9. The topological polar surface area (TPSA) is 35.2 Å². The van der Waals surface area contributed by atoms with E-state index in [-0.39, 0.29) is 6.10 Å². The number of thiophene rings is 1. The van der Waals surface area contributed by atoms with Crippen LogP contribution >= 0.6 is 11.3 Å². The molecule has 2 nitrogen and oxygen atoms in total. The van der Waals surface area contributed by atoms with Crippen LogP contribution < -0.4 is 5.73 Å². The molecule has 1 heterocycles. The van der Waals surface area contributed by atoms with Gasteiger partial charge in [-0.05, 0) is 48.6 Å². The van der Waals surface area contributed by atoms with Crippen LogP contribution in [0, 0.1) is 6.92 Å². The second-order valence-electron chi connectivity index (χ2n) is 6.29. The lowest BCUT2D eigenvalue weighted by molar-refractivity contribution is 0.0480. The smallest absolute Gasteiger partial charge is 0.104 e. The van der Waals surface area contributed by atoms with Crippen molar-refractivity contribution in [1.29, 1.82) is 0 Å². The Hall–Kier alpha value is -1.94. The van der Waals surface area contributed by atoms with Crippen molar-refractivity contribution in [3.63, 3.8) is 0 Å². The number of hydrogen-bond donors (Lipinski definition) is 1. The van der Waals surface area contributed by atoms with Gasteiger partial charge in [-0.15, -0.1) is 11.3 Å². The van der Waals surface area contributed by atoms with Crippen LogP contribution in [0.1, 0.15) is 32.5 Å². The molecule has 3 aromatic rings. The van der Waals surface area contributed by atoms with Crippen LogP contribution in [0.4, 0.5) is 0 Å². The van der Waals surface area contributed by atoms with Crippen LogP contribution in [0.15, 0.2) is 66.7 Å². The summed E-state index contributed by atoms with van der Waals surface area (Å²) in [5.41, 5.74) is 9.81. The molecule has 0 aliphatic carbocycles. The second-order valence-corrected chi connectivity index (χ2v) is 7.61. The maximum absolute atomic E-state index is 6.03. The maximum Gasteiger partial charge on any atom is 0.104 e. The van der Waals surface area contributed by atoms with Gasteiger partial charge in [0.1, 0.15) is 6.10 Å². The zero-order valence-corrected chi connectivity index (χ0v) is 15.5. The van der Waals surface area contributed by atoms with Gasteiger partial charge in [-0.2, -0.15) is 0 Å². The van der Waals surface area contributed by atoms with E-state index in [9.17, 15) is 0 Å². The first-order valence-electron chi connectivity index (χ1n) is 8.74. The molecule has 130 valence electrons. The molecule has 3 rings (SSSR count). The third-order valence-corrected chi connectivity index (χ3v) is 5.40. The standard InChI is InChI=1S/C22H25NOS/c1-17-7-14-22(25-17)21(15-23)24-16-20-12-10-19(11-13-20)9-8-18-5-3-2-4-6-18/h2-7,10-14,21H,8-9,15-16,23H2,1H3. The van der Waals surface area contributed by atoms with Crippen LogP contribution in [0.2, 0.25) is 0 Å². The number of hydrogen-bond acceptors (Lipinski definition) is 3. The number of nitrogens with two attached hydrogens (primary N) is 1. The Labute approximate surface area is 154 Å². The molecule has 0 aliphatic heterocycles. The van der Waals surface area contributed by atoms with Gasteiger partial charge in [0.2, 0.25) is 0 Å². The van der Waals surface area contributed by atoms with E-state index in [0.29, 0.717) is 13.2 Å². The van der Waals surface area contributed by atoms with E-state index in [1.54, 1.807) is 11.3 Å². The van der Waals surface area contributed by atoms with E-state index < -0.39 is 0 Å². The van der Waals surface area contributed by atoms with Gasteiger partial charge in [0.15, 0.2) is 0 Å². The summed E-state index contributed by atoms with van der Waals surface area (Å²) in [4.78, 5) is 2.50. The van der Waals surface area contributed by atoms with E-state index in [1.165, 1.54) is 26.4 Å². The molecule has 1 atom stereocenters. The van der Waals surface area contributed by atoms with Gasteiger partial charge in [-0.1, -0.05) is 54.6 Å². The van der Waals surface area contributed by atoms with E-state index in [0.717, 1.165) is 12.8 Å². The molecular weight excluding hydrogens is 326 g/mol. The minimum atomic E-state index is -0.0172. The first-order chi connectivity index (χ1) is 12.2. The minimum absolute atomic E-state index is 0.0172. The third-order valence-electron chi connectivity index (χ3n) is 4.31. The zero-order chi connectivity index (χ0) is 17.5. The molecule has 0 bridgehead atoms. The summed E-state index contributed by atoms with van der Waals surface area (Å²) in [5.74, 6) is 0. The third kappa shape index (κ3) is 5.27. The Bertz CT molecular complexity index is 764. The molecule has 0 spiro atoms. The van der Waals surface area contributed by atoms with Gasteiger partial charge >= 0.3 is 0 Å². The summed E-state index contributed by atoms with van der Waals surface area (Å²) in [6.45, 7) is 3.21. The van der Waals surface area contributed by atoms with Gasteiger partial charge in [0, 0.05) is 16.3 Å². The highest BCUT2D eigenvalue weighted by Gasteiger charge is 2.12. The van der Waals surface area contributed by atoms with Crippen LogP contribution in [0.5, 0.6) is 0 Å². The highest BCUT2D eigenvalue weighted by Crippen LogP contribution is 2.25. The second kappa shape index (κ2) is 8.95. The number of rotatable bonds is 8. The summed E-state index contributed by atoms with van der Waals surface area (Å²) in [6.07, 6.45) is 2.12. The van der Waals surface area contributed by atoms with E-state index >= 15 is 0 Å². The number of aryl methyl sites for hydroxylation is 3. The fourth-order valence-electron chi connectivity index (χ4n) is 2.83. The van der Waals surface area contributed by atoms with Crippen molar-refractivity contribution < 1.29 is 4.74 Å². The molecule has 0 amide bonds. The maximum atomic E-state index is 6.03. The molecule has 0 saturated carbocycles. The lowest BCUT2D eigenvalue weighted by Gasteiger charge is -2.14. The normalized spacial score (nSPS) is 12.2. The largest absolute Gasteiger partial charge is 0.367 e. The monoisotopic (exact) mass is 351 g/mol. The van der Waals surface area contributed by atoms with Crippen molar-refractivity contribution in [1.82, 2.24) is 0 Å². The lowest BCUT2D eigenvalue weighted by Crippen LogP contribution is -2.14. The number of benzene rings is 2. The van der Waals surface area contributed by atoms with Gasteiger partial charge in [0.25, 0.3) is 0 Å². The molecular formula is C22H25NOS. The van der Waals surface area contributed by atoms with Gasteiger partial charge in [-0.3, -0.25) is 0 Å². The molecule has 3 heteroatoms.